The first-order chi connectivity index (χ1) is 14.0. The molecule has 1 fully saturated rings. The molecule has 0 unspecified atom stereocenters. The van der Waals surface area contributed by atoms with Gasteiger partial charge in [-0.25, -0.2) is 4.98 Å². The highest BCUT2D eigenvalue weighted by molar-refractivity contribution is 8.26. The number of thioether (sulfide) groups is 1. The second-order valence-corrected chi connectivity index (χ2v) is 8.03. The molecule has 0 radical (unpaired) electrons. The van der Waals surface area contributed by atoms with Crippen molar-refractivity contribution in [3.05, 3.63) is 70.8 Å². The molecule has 0 saturated carbocycles. The van der Waals surface area contributed by atoms with Crippen LogP contribution < -0.4 is 10.6 Å². The summed E-state index contributed by atoms with van der Waals surface area (Å²) in [5, 5.41) is 5.44. The molecule has 0 atom stereocenters. The fourth-order valence-electron chi connectivity index (χ4n) is 2.75. The molecule has 1 aliphatic rings. The predicted octanol–water partition coefficient (Wildman–Crippen LogP) is 3.10. The van der Waals surface area contributed by atoms with Gasteiger partial charge in [-0.05, 0) is 24.3 Å². The van der Waals surface area contributed by atoms with Gasteiger partial charge in [0.1, 0.15) is 15.8 Å². The minimum atomic E-state index is -0.223. The average Bonchev–Trinajstić information content (AvgIpc) is 3.41. The molecule has 3 heterocycles. The molecule has 2 N–H and O–H groups in total. The Morgan fingerprint density at radius 3 is 2.76 bits per heavy atom. The van der Waals surface area contributed by atoms with Gasteiger partial charge >= 0.3 is 0 Å². The van der Waals surface area contributed by atoms with E-state index in [0.29, 0.717) is 32.9 Å². The highest BCUT2D eigenvalue weighted by Gasteiger charge is 2.22. The summed E-state index contributed by atoms with van der Waals surface area (Å²) in [5.41, 5.74) is 2.30. The van der Waals surface area contributed by atoms with E-state index in [4.69, 9.17) is 16.6 Å². The number of furan rings is 1. The molecule has 0 bridgehead atoms. The molecule has 1 saturated heterocycles. The lowest BCUT2D eigenvalue weighted by atomic mass is 10.1. The number of nitrogens with one attached hydrogen (secondary N) is 2. The van der Waals surface area contributed by atoms with Gasteiger partial charge in [0.2, 0.25) is 0 Å². The number of thiocarbonyl (C=S) groups is 1. The van der Waals surface area contributed by atoms with Gasteiger partial charge in [-0.3, -0.25) is 9.59 Å². The van der Waals surface area contributed by atoms with Gasteiger partial charge in [-0.1, -0.05) is 36.1 Å². The average molecular weight is 425 g/mol. The first kappa shape index (κ1) is 19.2. The van der Waals surface area contributed by atoms with E-state index in [0.717, 1.165) is 11.3 Å². The molecular weight excluding hydrogens is 408 g/mol. The highest BCUT2D eigenvalue weighted by Crippen LogP contribution is 2.28. The molecule has 1 aliphatic heterocycles. The highest BCUT2D eigenvalue weighted by atomic mass is 32.2. The molecule has 0 spiro atoms. The number of nitrogens with zero attached hydrogens (tertiary/aromatic N) is 2. The summed E-state index contributed by atoms with van der Waals surface area (Å²) in [6.07, 6.45) is 5.06. The molecule has 1 aromatic carbocycles. The van der Waals surface area contributed by atoms with Crippen LogP contribution in [-0.4, -0.2) is 25.7 Å². The Kier molecular flexibility index (Phi) is 5.32. The van der Waals surface area contributed by atoms with Gasteiger partial charge in [0.25, 0.3) is 11.8 Å². The van der Waals surface area contributed by atoms with E-state index in [1.807, 2.05) is 29.8 Å². The first-order valence-electron chi connectivity index (χ1n) is 8.68. The molecule has 2 amide bonds. The van der Waals surface area contributed by atoms with Gasteiger partial charge in [-0.15, -0.1) is 0 Å². The van der Waals surface area contributed by atoms with E-state index in [2.05, 4.69) is 15.6 Å². The van der Waals surface area contributed by atoms with Crippen LogP contribution in [0.1, 0.15) is 21.8 Å². The van der Waals surface area contributed by atoms with Gasteiger partial charge in [0.15, 0.2) is 0 Å². The molecule has 4 rings (SSSR count). The zero-order valence-corrected chi connectivity index (χ0v) is 17.0. The molecule has 29 heavy (non-hydrogen) atoms. The second-order valence-electron chi connectivity index (χ2n) is 6.31. The number of aromatic nitrogens is 2. The molecule has 7 nitrogen and oxygen atoms in total. The van der Waals surface area contributed by atoms with Crippen molar-refractivity contribution in [1.29, 1.82) is 0 Å². The van der Waals surface area contributed by atoms with Gasteiger partial charge in [0.05, 0.1) is 23.5 Å². The topological polar surface area (TPSA) is 89.2 Å². The Balaban J connectivity index is 1.43. The Morgan fingerprint density at radius 1 is 1.31 bits per heavy atom. The molecule has 0 aliphatic carbocycles. The number of amides is 2. The number of hydrogen-bond donors (Lipinski definition) is 2. The monoisotopic (exact) mass is 424 g/mol. The van der Waals surface area contributed by atoms with Crippen LogP contribution in [0.5, 0.6) is 0 Å². The van der Waals surface area contributed by atoms with Crippen molar-refractivity contribution >= 4 is 46.2 Å². The summed E-state index contributed by atoms with van der Waals surface area (Å²) in [6, 6.07) is 10.7. The van der Waals surface area contributed by atoms with Crippen molar-refractivity contribution in [3.8, 4) is 11.3 Å². The summed E-state index contributed by atoms with van der Waals surface area (Å²) >= 11 is 6.18. The van der Waals surface area contributed by atoms with Gasteiger partial charge < -0.3 is 19.6 Å². The van der Waals surface area contributed by atoms with E-state index in [1.165, 1.54) is 11.8 Å². The maximum atomic E-state index is 12.3. The SMILES string of the molecule is Cn1cncc1CNC(=O)c1ccc(-c2ccc(/C=C3/SC(=S)NC3=O)o2)cc1. The summed E-state index contributed by atoms with van der Waals surface area (Å²) in [7, 11) is 1.88. The molecule has 146 valence electrons. The standard InChI is InChI=1S/C20H16N4O3S2/c1-24-11-21-9-14(24)10-22-18(25)13-4-2-12(3-5-13)16-7-6-15(27-16)8-17-19(26)23-20(28)29-17/h2-9,11H,10H2,1H3,(H,22,25)(H,23,26,28)/b17-8+. The third kappa shape index (κ3) is 4.30. The summed E-state index contributed by atoms with van der Waals surface area (Å²) < 4.78 is 8.09. The van der Waals surface area contributed by atoms with E-state index >= 15 is 0 Å². The zero-order chi connectivity index (χ0) is 20.4. The van der Waals surface area contributed by atoms with Crippen LogP contribution in [0, 0.1) is 0 Å². The minimum absolute atomic E-state index is 0.164. The fraction of sp³-hybridized carbons (Fsp3) is 0.100. The fourth-order valence-corrected chi connectivity index (χ4v) is 3.77. The third-order valence-electron chi connectivity index (χ3n) is 4.32. The van der Waals surface area contributed by atoms with E-state index < -0.39 is 0 Å². The van der Waals surface area contributed by atoms with Crippen LogP contribution in [0.25, 0.3) is 17.4 Å². The number of rotatable bonds is 5. The van der Waals surface area contributed by atoms with Crippen LogP contribution in [0.4, 0.5) is 0 Å². The predicted molar refractivity (Wildman–Crippen MR) is 115 cm³/mol. The lowest BCUT2D eigenvalue weighted by Crippen LogP contribution is -2.23. The van der Waals surface area contributed by atoms with Crippen LogP contribution in [0.15, 0.2) is 58.2 Å². The Hall–Kier alpha value is -3.17. The van der Waals surface area contributed by atoms with Crippen molar-refractivity contribution in [1.82, 2.24) is 20.2 Å². The zero-order valence-electron chi connectivity index (χ0n) is 15.3. The van der Waals surface area contributed by atoms with E-state index in [-0.39, 0.29) is 11.8 Å². The Morgan fingerprint density at radius 2 is 2.10 bits per heavy atom. The van der Waals surface area contributed by atoms with E-state index in [9.17, 15) is 9.59 Å². The molecular formula is C20H16N4O3S2. The van der Waals surface area contributed by atoms with Crippen molar-refractivity contribution in [2.24, 2.45) is 7.05 Å². The Bertz CT molecular complexity index is 1130. The quantitative estimate of drug-likeness (QED) is 0.483. The first-order valence-corrected chi connectivity index (χ1v) is 9.90. The lowest BCUT2D eigenvalue weighted by Gasteiger charge is -2.06. The van der Waals surface area contributed by atoms with Crippen molar-refractivity contribution in [3.63, 3.8) is 0 Å². The maximum Gasteiger partial charge on any atom is 0.263 e. The Labute approximate surface area is 176 Å². The second kappa shape index (κ2) is 8.06. The number of benzene rings is 1. The normalized spacial score (nSPS) is 15.0. The van der Waals surface area contributed by atoms with Crippen LogP contribution >= 0.6 is 24.0 Å². The molecule has 9 heteroatoms. The lowest BCUT2D eigenvalue weighted by molar-refractivity contribution is -0.115. The van der Waals surface area contributed by atoms with Gasteiger partial charge in [-0.2, -0.15) is 0 Å². The smallest absolute Gasteiger partial charge is 0.263 e. The van der Waals surface area contributed by atoms with Crippen molar-refractivity contribution < 1.29 is 14.0 Å². The summed E-state index contributed by atoms with van der Waals surface area (Å²) in [4.78, 5) is 28.6. The van der Waals surface area contributed by atoms with Crippen molar-refractivity contribution in [2.45, 2.75) is 6.54 Å². The van der Waals surface area contributed by atoms with Crippen molar-refractivity contribution in [2.75, 3.05) is 0 Å². The minimum Gasteiger partial charge on any atom is -0.457 e. The third-order valence-corrected chi connectivity index (χ3v) is 5.48. The number of aryl methyl sites for hydroxylation is 1. The maximum absolute atomic E-state index is 12.3. The van der Waals surface area contributed by atoms with Crippen LogP contribution in [-0.2, 0) is 18.4 Å². The molecule has 2 aromatic heterocycles. The number of carbonyl (C=O) groups excluding carboxylic acids is 2. The van der Waals surface area contributed by atoms with Crippen LogP contribution in [0.2, 0.25) is 0 Å². The summed E-state index contributed by atoms with van der Waals surface area (Å²) in [6.45, 7) is 0.405. The van der Waals surface area contributed by atoms with Crippen LogP contribution in [0.3, 0.4) is 0 Å². The number of imidazole rings is 1. The molecule has 3 aromatic rings. The largest absolute Gasteiger partial charge is 0.457 e. The van der Waals surface area contributed by atoms with Gasteiger partial charge in [0, 0.05) is 30.4 Å². The number of carbonyl (C=O) groups is 2. The summed E-state index contributed by atoms with van der Waals surface area (Å²) in [5.74, 6) is 0.812. The number of hydrogen-bond acceptors (Lipinski definition) is 6. The van der Waals surface area contributed by atoms with E-state index in [1.54, 1.807) is 36.8 Å².